The molecule has 0 atom stereocenters. The van der Waals surface area contributed by atoms with E-state index in [0.29, 0.717) is 11.7 Å². The molecule has 0 amide bonds. The number of nitrogens with two attached hydrogens (primary N) is 1. The van der Waals surface area contributed by atoms with Crippen molar-refractivity contribution in [2.45, 2.75) is 58.9 Å². The lowest BCUT2D eigenvalue weighted by Gasteiger charge is -2.30. The van der Waals surface area contributed by atoms with Gasteiger partial charge in [-0.2, -0.15) is 0 Å². The zero-order valence-corrected chi connectivity index (χ0v) is 12.0. The van der Waals surface area contributed by atoms with E-state index < -0.39 is 0 Å². The Morgan fingerprint density at radius 1 is 1.22 bits per heavy atom. The van der Waals surface area contributed by atoms with Gasteiger partial charge in [0.25, 0.3) is 0 Å². The van der Waals surface area contributed by atoms with E-state index in [0.717, 1.165) is 24.2 Å². The average Bonchev–Trinajstić information content (AvgIpc) is 2.37. The minimum absolute atomic E-state index is 0.0455. The van der Waals surface area contributed by atoms with Crippen LogP contribution in [0, 0.1) is 0 Å². The zero-order valence-electron chi connectivity index (χ0n) is 12.0. The van der Waals surface area contributed by atoms with Crippen molar-refractivity contribution in [2.75, 3.05) is 10.7 Å². The van der Waals surface area contributed by atoms with Gasteiger partial charge in [0.05, 0.1) is 0 Å². The van der Waals surface area contributed by atoms with Crippen molar-refractivity contribution in [3.8, 4) is 0 Å². The summed E-state index contributed by atoms with van der Waals surface area (Å²) >= 11 is 0. The molecule has 1 aromatic heterocycles. The summed E-state index contributed by atoms with van der Waals surface area (Å²) in [5, 5.41) is 3.53. The summed E-state index contributed by atoms with van der Waals surface area (Å²) in [5.74, 6) is 7.39. The summed E-state index contributed by atoms with van der Waals surface area (Å²) < 4.78 is 0. The van der Waals surface area contributed by atoms with Gasteiger partial charge in [0.15, 0.2) is 0 Å². The van der Waals surface area contributed by atoms with Crippen molar-refractivity contribution in [1.82, 2.24) is 9.97 Å². The molecular formula is C13H25N5. The number of anilines is 2. The lowest BCUT2D eigenvalue weighted by Crippen LogP contribution is -2.34. The monoisotopic (exact) mass is 251 g/mol. The van der Waals surface area contributed by atoms with Crippen LogP contribution in [-0.4, -0.2) is 15.5 Å². The van der Waals surface area contributed by atoms with E-state index in [1.807, 2.05) is 0 Å². The third kappa shape index (κ3) is 3.10. The molecule has 0 saturated carbocycles. The topological polar surface area (TPSA) is 75.9 Å². The second-order valence-corrected chi connectivity index (χ2v) is 5.18. The molecule has 0 unspecified atom stereocenters. The Labute approximate surface area is 110 Å². The van der Waals surface area contributed by atoms with Gasteiger partial charge >= 0.3 is 0 Å². The average molecular weight is 251 g/mol. The van der Waals surface area contributed by atoms with Crippen LogP contribution >= 0.6 is 0 Å². The van der Waals surface area contributed by atoms with Gasteiger partial charge < -0.3 is 10.7 Å². The van der Waals surface area contributed by atoms with Crippen LogP contribution in [0.15, 0.2) is 6.33 Å². The molecule has 0 aliphatic rings. The molecule has 4 N–H and O–H groups in total. The molecule has 0 spiro atoms. The number of nitrogens with zero attached hydrogens (tertiary/aromatic N) is 2. The van der Waals surface area contributed by atoms with E-state index >= 15 is 0 Å². The molecule has 1 aromatic rings. The van der Waals surface area contributed by atoms with Gasteiger partial charge in [-0.15, -0.1) is 0 Å². The van der Waals surface area contributed by atoms with Crippen molar-refractivity contribution in [3.05, 3.63) is 11.9 Å². The van der Waals surface area contributed by atoms with E-state index in [2.05, 4.69) is 55.3 Å². The summed E-state index contributed by atoms with van der Waals surface area (Å²) in [6, 6.07) is 0. The lowest BCUT2D eigenvalue weighted by molar-refractivity contribution is 0.475. The molecule has 0 fully saturated rings. The molecule has 5 nitrogen and oxygen atoms in total. The SMILES string of the molecule is CCC(C)(CC)Nc1ncnc(NN)c1C(C)C. The zero-order chi connectivity index (χ0) is 13.8. The molecular weight excluding hydrogens is 226 g/mol. The Morgan fingerprint density at radius 3 is 2.22 bits per heavy atom. The highest BCUT2D eigenvalue weighted by Crippen LogP contribution is 2.31. The molecule has 0 bridgehead atoms. The summed E-state index contributed by atoms with van der Waals surface area (Å²) in [6.45, 7) is 10.8. The number of aromatic nitrogens is 2. The summed E-state index contributed by atoms with van der Waals surface area (Å²) in [4.78, 5) is 8.55. The molecule has 0 radical (unpaired) electrons. The number of hydrogen-bond acceptors (Lipinski definition) is 5. The van der Waals surface area contributed by atoms with Gasteiger partial charge in [-0.1, -0.05) is 27.7 Å². The van der Waals surface area contributed by atoms with Crippen molar-refractivity contribution in [2.24, 2.45) is 5.84 Å². The third-order valence-electron chi connectivity index (χ3n) is 3.58. The molecule has 0 aliphatic heterocycles. The number of nitrogens with one attached hydrogen (secondary N) is 2. The fourth-order valence-corrected chi connectivity index (χ4v) is 1.87. The molecule has 0 saturated heterocycles. The molecule has 5 heteroatoms. The van der Waals surface area contributed by atoms with E-state index in [1.54, 1.807) is 0 Å². The minimum Gasteiger partial charge on any atom is -0.365 e. The van der Waals surface area contributed by atoms with Gasteiger partial charge in [0.1, 0.15) is 18.0 Å². The van der Waals surface area contributed by atoms with Crippen LogP contribution < -0.4 is 16.6 Å². The quantitative estimate of drug-likeness (QED) is 0.535. The van der Waals surface area contributed by atoms with Crippen LogP contribution in [-0.2, 0) is 0 Å². The molecule has 1 heterocycles. The summed E-state index contributed by atoms with van der Waals surface area (Å²) in [7, 11) is 0. The van der Waals surface area contributed by atoms with Gasteiger partial charge in [-0.25, -0.2) is 15.8 Å². The van der Waals surface area contributed by atoms with Crippen LogP contribution in [0.2, 0.25) is 0 Å². The minimum atomic E-state index is 0.0455. The largest absolute Gasteiger partial charge is 0.365 e. The van der Waals surface area contributed by atoms with Crippen LogP contribution in [0.4, 0.5) is 11.6 Å². The van der Waals surface area contributed by atoms with Crippen LogP contribution in [0.1, 0.15) is 58.9 Å². The van der Waals surface area contributed by atoms with Gasteiger partial charge in [-0.05, 0) is 25.7 Å². The maximum absolute atomic E-state index is 5.52. The fourth-order valence-electron chi connectivity index (χ4n) is 1.87. The highest BCUT2D eigenvalue weighted by atomic mass is 15.3. The molecule has 18 heavy (non-hydrogen) atoms. The summed E-state index contributed by atoms with van der Waals surface area (Å²) in [6.07, 6.45) is 3.61. The van der Waals surface area contributed by atoms with Crippen molar-refractivity contribution >= 4 is 11.6 Å². The molecule has 102 valence electrons. The van der Waals surface area contributed by atoms with Crippen LogP contribution in [0.3, 0.4) is 0 Å². The number of rotatable bonds is 6. The lowest BCUT2D eigenvalue weighted by atomic mass is 9.94. The fraction of sp³-hybridized carbons (Fsp3) is 0.692. The third-order valence-corrected chi connectivity index (χ3v) is 3.58. The first kappa shape index (κ1) is 14.7. The Balaban J connectivity index is 3.16. The predicted octanol–water partition coefficient (Wildman–Crippen LogP) is 2.88. The first-order chi connectivity index (χ1) is 8.47. The van der Waals surface area contributed by atoms with Crippen molar-refractivity contribution in [1.29, 1.82) is 0 Å². The number of nitrogen functional groups attached to an aromatic ring is 1. The van der Waals surface area contributed by atoms with E-state index in [-0.39, 0.29) is 5.54 Å². The van der Waals surface area contributed by atoms with Crippen molar-refractivity contribution in [3.63, 3.8) is 0 Å². The van der Waals surface area contributed by atoms with E-state index in [4.69, 9.17) is 5.84 Å². The Kier molecular flexibility index (Phi) is 4.90. The molecule has 0 aliphatic carbocycles. The van der Waals surface area contributed by atoms with Crippen LogP contribution in [0.5, 0.6) is 0 Å². The van der Waals surface area contributed by atoms with Gasteiger partial charge in [0.2, 0.25) is 0 Å². The molecule has 1 rings (SSSR count). The summed E-state index contributed by atoms with van der Waals surface area (Å²) in [5.41, 5.74) is 3.73. The van der Waals surface area contributed by atoms with E-state index in [9.17, 15) is 0 Å². The number of hydrogen-bond donors (Lipinski definition) is 3. The Hall–Kier alpha value is -1.36. The van der Waals surface area contributed by atoms with Gasteiger partial charge in [0, 0.05) is 11.1 Å². The maximum atomic E-state index is 5.52. The number of hydrazine groups is 1. The first-order valence-electron chi connectivity index (χ1n) is 6.57. The Bertz CT molecular complexity index is 385. The smallest absolute Gasteiger partial charge is 0.148 e. The first-order valence-corrected chi connectivity index (χ1v) is 6.57. The maximum Gasteiger partial charge on any atom is 0.148 e. The Morgan fingerprint density at radius 2 is 1.78 bits per heavy atom. The molecule has 0 aromatic carbocycles. The van der Waals surface area contributed by atoms with Gasteiger partial charge in [-0.3, -0.25) is 0 Å². The highest BCUT2D eigenvalue weighted by Gasteiger charge is 2.23. The normalized spacial score (nSPS) is 11.7. The predicted molar refractivity (Wildman–Crippen MR) is 76.5 cm³/mol. The second kappa shape index (κ2) is 6.00. The second-order valence-electron chi connectivity index (χ2n) is 5.18. The highest BCUT2D eigenvalue weighted by molar-refractivity contribution is 5.59. The standard InChI is InChI=1S/C13H25N5/c1-6-13(5,7-2)17-11-10(9(3)4)12(18-14)16-8-15-11/h8-9H,6-7,14H2,1-5H3,(H2,15,16,17,18). The van der Waals surface area contributed by atoms with Crippen molar-refractivity contribution < 1.29 is 0 Å². The van der Waals surface area contributed by atoms with E-state index in [1.165, 1.54) is 6.33 Å². The van der Waals surface area contributed by atoms with Crippen LogP contribution in [0.25, 0.3) is 0 Å².